The van der Waals surface area contributed by atoms with Crippen molar-refractivity contribution in [3.8, 4) is 11.3 Å². The van der Waals surface area contributed by atoms with Gasteiger partial charge in [0.05, 0.1) is 17.9 Å². The zero-order chi connectivity index (χ0) is 24.4. The first-order valence-corrected chi connectivity index (χ1v) is 12.0. The standard InChI is InChI=1S/C25H27F3N6O/c1-33(15-6-10-29-12-15)23-31-20-14-34(22(35)24(8-9-24)25(26,27)28)11-7-17(20)21(32-23)18-13-30-19-5-3-2-4-16(18)19/h2-5,13,15,29-30H,6-12,14H2,1H3/t15-/m1/s1. The van der Waals surface area contributed by atoms with Crippen molar-refractivity contribution in [2.24, 2.45) is 5.41 Å². The second-order valence-electron chi connectivity index (χ2n) is 9.86. The molecular formula is C25H27F3N6O. The molecule has 1 saturated heterocycles. The van der Waals surface area contributed by atoms with Gasteiger partial charge in [-0.3, -0.25) is 4.79 Å². The third kappa shape index (κ3) is 3.57. The van der Waals surface area contributed by atoms with Gasteiger partial charge in [-0.05, 0) is 38.3 Å². The summed E-state index contributed by atoms with van der Waals surface area (Å²) < 4.78 is 40.9. The number of aromatic nitrogens is 3. The van der Waals surface area contributed by atoms with E-state index in [4.69, 9.17) is 9.97 Å². The molecule has 6 rings (SSSR count). The summed E-state index contributed by atoms with van der Waals surface area (Å²) in [7, 11) is 1.95. The molecule has 1 aliphatic carbocycles. The summed E-state index contributed by atoms with van der Waals surface area (Å²) >= 11 is 0. The third-order valence-electron chi connectivity index (χ3n) is 7.78. The van der Waals surface area contributed by atoms with E-state index in [1.807, 2.05) is 42.4 Å². The number of benzene rings is 1. The Labute approximate surface area is 200 Å². The van der Waals surface area contributed by atoms with Gasteiger partial charge < -0.3 is 20.1 Å². The van der Waals surface area contributed by atoms with Gasteiger partial charge in [0.15, 0.2) is 0 Å². The van der Waals surface area contributed by atoms with Gasteiger partial charge in [-0.2, -0.15) is 13.2 Å². The van der Waals surface area contributed by atoms with Crippen LogP contribution in [-0.2, 0) is 17.8 Å². The lowest BCUT2D eigenvalue weighted by molar-refractivity contribution is -0.199. The number of halogens is 3. The van der Waals surface area contributed by atoms with Gasteiger partial charge in [0, 0.05) is 54.4 Å². The average Bonchev–Trinajstić information content (AvgIpc) is 3.31. The summed E-state index contributed by atoms with van der Waals surface area (Å²) in [4.78, 5) is 29.5. The topological polar surface area (TPSA) is 77.2 Å². The highest BCUT2D eigenvalue weighted by Gasteiger charge is 2.69. The molecule has 7 nitrogen and oxygen atoms in total. The van der Waals surface area contributed by atoms with E-state index < -0.39 is 17.5 Å². The van der Waals surface area contributed by atoms with Crippen LogP contribution in [0.3, 0.4) is 0 Å². The Balaban J connectivity index is 1.42. The Kier molecular flexibility index (Phi) is 5.07. The molecule has 4 heterocycles. The second kappa shape index (κ2) is 7.94. The van der Waals surface area contributed by atoms with Crippen LogP contribution in [-0.4, -0.2) is 64.7 Å². The summed E-state index contributed by atoms with van der Waals surface area (Å²) in [6.07, 6.45) is -1.49. The van der Waals surface area contributed by atoms with Crippen LogP contribution in [0.5, 0.6) is 0 Å². The molecule has 0 radical (unpaired) electrons. The lowest BCUT2D eigenvalue weighted by Crippen LogP contribution is -2.46. The first-order valence-electron chi connectivity index (χ1n) is 12.0. The maximum Gasteiger partial charge on any atom is 0.403 e. The minimum atomic E-state index is -4.52. The number of anilines is 1. The van der Waals surface area contributed by atoms with Crippen LogP contribution < -0.4 is 10.2 Å². The van der Waals surface area contributed by atoms with E-state index in [1.54, 1.807) is 0 Å². The molecule has 1 atom stereocenters. The summed E-state index contributed by atoms with van der Waals surface area (Å²) in [5, 5.41) is 4.37. The Hall–Kier alpha value is -3.14. The first-order chi connectivity index (χ1) is 16.8. The normalized spacial score (nSPS) is 21.3. The zero-order valence-electron chi connectivity index (χ0n) is 19.5. The molecule has 1 aromatic carbocycles. The lowest BCUT2D eigenvalue weighted by Gasteiger charge is -2.34. The monoisotopic (exact) mass is 484 g/mol. The lowest BCUT2D eigenvalue weighted by atomic mass is 9.96. The highest BCUT2D eigenvalue weighted by Crippen LogP contribution is 2.59. The number of fused-ring (bicyclic) bond motifs is 2. The summed E-state index contributed by atoms with van der Waals surface area (Å²) in [6.45, 7) is 2.02. The number of nitrogens with zero attached hydrogens (tertiary/aromatic N) is 4. The van der Waals surface area contributed by atoms with E-state index in [2.05, 4.69) is 10.3 Å². The van der Waals surface area contributed by atoms with Gasteiger partial charge >= 0.3 is 6.18 Å². The molecule has 35 heavy (non-hydrogen) atoms. The van der Waals surface area contributed by atoms with E-state index in [0.29, 0.717) is 18.1 Å². The number of amides is 1. The number of carbonyl (C=O) groups excluding carboxylic acids is 1. The molecule has 3 aromatic rings. The van der Waals surface area contributed by atoms with Gasteiger partial charge in [0.25, 0.3) is 0 Å². The number of aromatic amines is 1. The van der Waals surface area contributed by atoms with Crippen molar-refractivity contribution in [3.63, 3.8) is 0 Å². The van der Waals surface area contributed by atoms with Crippen LogP contribution in [0, 0.1) is 5.41 Å². The summed E-state index contributed by atoms with van der Waals surface area (Å²) in [5.41, 5.74) is 2.02. The zero-order valence-corrected chi connectivity index (χ0v) is 19.5. The van der Waals surface area contributed by atoms with Crippen LogP contribution in [0.1, 0.15) is 30.5 Å². The predicted octanol–water partition coefficient (Wildman–Crippen LogP) is 3.65. The fraction of sp³-hybridized carbons (Fsp3) is 0.480. The van der Waals surface area contributed by atoms with Crippen molar-refractivity contribution in [3.05, 3.63) is 41.7 Å². The van der Waals surface area contributed by atoms with Crippen molar-refractivity contribution in [2.75, 3.05) is 31.6 Å². The van der Waals surface area contributed by atoms with Crippen LogP contribution in [0.2, 0.25) is 0 Å². The fourth-order valence-electron chi connectivity index (χ4n) is 5.42. The van der Waals surface area contributed by atoms with Crippen molar-refractivity contribution in [1.82, 2.24) is 25.2 Å². The number of hydrogen-bond acceptors (Lipinski definition) is 5. The molecule has 2 aliphatic heterocycles. The smallest absolute Gasteiger partial charge is 0.360 e. The van der Waals surface area contributed by atoms with E-state index in [9.17, 15) is 18.0 Å². The van der Waals surface area contributed by atoms with E-state index in [-0.39, 0.29) is 32.0 Å². The summed E-state index contributed by atoms with van der Waals surface area (Å²) in [6, 6.07) is 8.18. The largest absolute Gasteiger partial charge is 0.403 e. The molecule has 2 N–H and O–H groups in total. The Bertz CT molecular complexity index is 1290. The van der Waals surface area contributed by atoms with Crippen molar-refractivity contribution in [1.29, 1.82) is 0 Å². The molecule has 2 aromatic heterocycles. The SMILES string of the molecule is CN(c1nc2c(c(-c3c[nH]c4ccccc34)n1)CCN(C(=O)C1(C(F)(F)F)CC1)C2)[C@@H]1CCNC1. The summed E-state index contributed by atoms with van der Waals surface area (Å²) in [5.74, 6) is -0.290. The highest BCUT2D eigenvalue weighted by molar-refractivity contribution is 5.95. The minimum absolute atomic E-state index is 0.0631. The van der Waals surface area contributed by atoms with Crippen molar-refractivity contribution < 1.29 is 18.0 Å². The fourth-order valence-corrected chi connectivity index (χ4v) is 5.42. The van der Waals surface area contributed by atoms with Crippen LogP contribution in [0.25, 0.3) is 22.2 Å². The molecule has 3 aliphatic rings. The number of para-hydroxylation sites is 1. The van der Waals surface area contributed by atoms with E-state index >= 15 is 0 Å². The molecule has 1 saturated carbocycles. The molecule has 0 bridgehead atoms. The average molecular weight is 485 g/mol. The third-order valence-corrected chi connectivity index (χ3v) is 7.78. The maximum absolute atomic E-state index is 13.6. The molecule has 184 valence electrons. The van der Waals surface area contributed by atoms with Crippen LogP contribution in [0.15, 0.2) is 30.5 Å². The molecule has 0 spiro atoms. The maximum atomic E-state index is 13.6. The van der Waals surface area contributed by atoms with Gasteiger partial charge in [0.2, 0.25) is 11.9 Å². The quantitative estimate of drug-likeness (QED) is 0.591. The minimum Gasteiger partial charge on any atom is -0.360 e. The number of likely N-dealkylation sites (N-methyl/N-ethyl adjacent to an activating group) is 1. The molecule has 0 unspecified atom stereocenters. The van der Waals surface area contributed by atoms with E-state index in [1.165, 1.54) is 4.90 Å². The van der Waals surface area contributed by atoms with Crippen molar-refractivity contribution >= 4 is 22.8 Å². The van der Waals surface area contributed by atoms with E-state index in [0.717, 1.165) is 47.2 Å². The Morgan fingerprint density at radius 1 is 1.23 bits per heavy atom. The number of hydrogen-bond donors (Lipinski definition) is 2. The molecule has 2 fully saturated rings. The Morgan fingerprint density at radius 2 is 2.03 bits per heavy atom. The molecular weight excluding hydrogens is 457 g/mol. The number of alkyl halides is 3. The van der Waals surface area contributed by atoms with Crippen LogP contribution >= 0.6 is 0 Å². The van der Waals surface area contributed by atoms with Crippen molar-refractivity contribution in [2.45, 2.75) is 44.4 Å². The molecule has 1 amide bonds. The number of H-pyrrole nitrogens is 1. The van der Waals surface area contributed by atoms with Gasteiger partial charge in [-0.25, -0.2) is 9.97 Å². The van der Waals surface area contributed by atoms with Gasteiger partial charge in [-0.15, -0.1) is 0 Å². The Morgan fingerprint density at radius 3 is 2.74 bits per heavy atom. The first kappa shape index (κ1) is 22.3. The number of rotatable bonds is 4. The predicted molar refractivity (Wildman–Crippen MR) is 126 cm³/mol. The number of nitrogens with one attached hydrogen (secondary N) is 2. The number of carbonyl (C=O) groups is 1. The van der Waals surface area contributed by atoms with Crippen LogP contribution in [0.4, 0.5) is 19.1 Å². The highest BCUT2D eigenvalue weighted by atomic mass is 19.4. The molecule has 10 heteroatoms. The van der Waals surface area contributed by atoms with Gasteiger partial charge in [0.1, 0.15) is 5.41 Å². The van der Waals surface area contributed by atoms with Gasteiger partial charge in [-0.1, -0.05) is 18.2 Å². The second-order valence-corrected chi connectivity index (χ2v) is 9.86.